The Morgan fingerprint density at radius 1 is 1.19 bits per heavy atom. The molecule has 0 aliphatic carbocycles. The van der Waals surface area contributed by atoms with Gasteiger partial charge in [-0.25, -0.2) is 0 Å². The van der Waals surface area contributed by atoms with E-state index in [1.807, 2.05) is 24.3 Å². The number of rotatable bonds is 5. The number of aliphatic hydroxyl groups is 1. The van der Waals surface area contributed by atoms with E-state index in [4.69, 9.17) is 14.6 Å². The quantitative estimate of drug-likeness (QED) is 0.605. The van der Waals surface area contributed by atoms with Gasteiger partial charge in [0.05, 0.1) is 20.3 Å². The van der Waals surface area contributed by atoms with Crippen molar-refractivity contribution in [2.45, 2.75) is 13.0 Å². The minimum atomic E-state index is 0.103. The molecule has 0 aliphatic heterocycles. The topological polar surface area (TPSA) is 38.7 Å². The number of hydrogen-bond donors (Lipinski definition) is 1. The molecular weight excluding hydrogens is 204 g/mol. The zero-order valence-corrected chi connectivity index (χ0v) is 9.40. The summed E-state index contributed by atoms with van der Waals surface area (Å²) in [6.07, 6.45) is 0.506. The molecule has 0 saturated heterocycles. The fraction of sp³-hybridized carbons (Fsp3) is 0.385. The zero-order valence-electron chi connectivity index (χ0n) is 9.40. The van der Waals surface area contributed by atoms with E-state index in [2.05, 4.69) is 11.8 Å². The van der Waals surface area contributed by atoms with E-state index in [9.17, 15) is 0 Å². The van der Waals surface area contributed by atoms with E-state index >= 15 is 0 Å². The maximum atomic E-state index is 8.49. The van der Waals surface area contributed by atoms with Gasteiger partial charge in [0.25, 0.3) is 0 Å². The van der Waals surface area contributed by atoms with Crippen LogP contribution in [-0.2, 0) is 11.3 Å². The Labute approximate surface area is 96.0 Å². The van der Waals surface area contributed by atoms with Gasteiger partial charge in [0, 0.05) is 6.42 Å². The van der Waals surface area contributed by atoms with Gasteiger partial charge in [0.15, 0.2) is 0 Å². The van der Waals surface area contributed by atoms with Crippen molar-refractivity contribution in [1.29, 1.82) is 0 Å². The molecule has 0 aromatic heterocycles. The van der Waals surface area contributed by atoms with E-state index in [-0.39, 0.29) is 6.61 Å². The summed E-state index contributed by atoms with van der Waals surface area (Å²) < 4.78 is 10.4. The molecule has 0 heterocycles. The SMILES string of the molecule is COc1ccc(COCC#CCCO)cc1. The lowest BCUT2D eigenvalue weighted by Crippen LogP contribution is -1.93. The second kappa shape index (κ2) is 7.75. The maximum Gasteiger partial charge on any atom is 0.118 e. The highest BCUT2D eigenvalue weighted by Crippen LogP contribution is 2.11. The van der Waals surface area contributed by atoms with Crippen LogP contribution >= 0.6 is 0 Å². The molecule has 16 heavy (non-hydrogen) atoms. The van der Waals surface area contributed by atoms with Gasteiger partial charge < -0.3 is 14.6 Å². The molecular formula is C13H16O3. The third-order valence-corrected chi connectivity index (χ3v) is 1.96. The Morgan fingerprint density at radius 3 is 2.56 bits per heavy atom. The zero-order chi connectivity index (χ0) is 11.6. The fourth-order valence-corrected chi connectivity index (χ4v) is 1.14. The fourth-order valence-electron chi connectivity index (χ4n) is 1.14. The molecule has 0 radical (unpaired) electrons. The van der Waals surface area contributed by atoms with E-state index in [0.29, 0.717) is 19.6 Å². The van der Waals surface area contributed by atoms with Crippen molar-refractivity contribution < 1.29 is 14.6 Å². The van der Waals surface area contributed by atoms with Crippen LogP contribution in [0.3, 0.4) is 0 Å². The molecule has 1 aromatic rings. The highest BCUT2D eigenvalue weighted by Gasteiger charge is 1.93. The summed E-state index contributed by atoms with van der Waals surface area (Å²) in [5, 5.41) is 8.49. The van der Waals surface area contributed by atoms with Crippen molar-refractivity contribution in [3.63, 3.8) is 0 Å². The van der Waals surface area contributed by atoms with Crippen LogP contribution in [0, 0.1) is 11.8 Å². The van der Waals surface area contributed by atoms with Crippen LogP contribution in [0.5, 0.6) is 5.75 Å². The molecule has 1 rings (SSSR count). The summed E-state index contributed by atoms with van der Waals surface area (Å²) in [7, 11) is 1.64. The van der Waals surface area contributed by atoms with Crippen molar-refractivity contribution in [2.75, 3.05) is 20.3 Å². The van der Waals surface area contributed by atoms with Crippen molar-refractivity contribution >= 4 is 0 Å². The normalized spacial score (nSPS) is 9.38. The van der Waals surface area contributed by atoms with Gasteiger partial charge in [-0.15, -0.1) is 0 Å². The van der Waals surface area contributed by atoms with E-state index in [1.165, 1.54) is 0 Å². The number of hydrogen-bond acceptors (Lipinski definition) is 3. The molecule has 0 fully saturated rings. The predicted octanol–water partition coefficient (Wildman–Crippen LogP) is 1.60. The van der Waals surface area contributed by atoms with Gasteiger partial charge in [-0.05, 0) is 17.7 Å². The summed E-state index contributed by atoms with van der Waals surface area (Å²) in [5.41, 5.74) is 1.09. The van der Waals surface area contributed by atoms with Crippen LogP contribution in [0.4, 0.5) is 0 Å². The first-order chi connectivity index (χ1) is 7.86. The minimum Gasteiger partial charge on any atom is -0.497 e. The summed E-state index contributed by atoms with van der Waals surface area (Å²) >= 11 is 0. The van der Waals surface area contributed by atoms with Crippen LogP contribution in [-0.4, -0.2) is 25.4 Å². The Kier molecular flexibility index (Phi) is 6.09. The lowest BCUT2D eigenvalue weighted by molar-refractivity contribution is 0.153. The third kappa shape index (κ3) is 4.83. The van der Waals surface area contributed by atoms with Crippen LogP contribution in [0.25, 0.3) is 0 Å². The summed E-state index contributed by atoms with van der Waals surface area (Å²) in [4.78, 5) is 0. The van der Waals surface area contributed by atoms with E-state index in [0.717, 1.165) is 11.3 Å². The Balaban J connectivity index is 2.24. The first-order valence-corrected chi connectivity index (χ1v) is 5.14. The molecule has 0 bridgehead atoms. The Bertz CT molecular complexity index is 346. The smallest absolute Gasteiger partial charge is 0.118 e. The lowest BCUT2D eigenvalue weighted by Gasteiger charge is -2.02. The standard InChI is InChI=1S/C13H16O3/c1-15-13-7-5-12(6-8-13)11-16-10-4-2-3-9-14/h5-8,14H,3,9-11H2,1H3. The molecule has 86 valence electrons. The maximum absolute atomic E-state index is 8.49. The summed E-state index contributed by atoms with van der Waals surface area (Å²) in [6.45, 7) is 1.04. The average molecular weight is 220 g/mol. The lowest BCUT2D eigenvalue weighted by atomic mass is 10.2. The second-order valence-electron chi connectivity index (χ2n) is 3.17. The molecule has 0 spiro atoms. The Hall–Kier alpha value is -1.50. The molecule has 1 aromatic carbocycles. The van der Waals surface area contributed by atoms with Crippen LogP contribution in [0.1, 0.15) is 12.0 Å². The average Bonchev–Trinajstić information content (AvgIpc) is 2.34. The largest absolute Gasteiger partial charge is 0.497 e. The molecule has 3 heteroatoms. The minimum absolute atomic E-state index is 0.103. The van der Waals surface area contributed by atoms with Crippen LogP contribution in [0.15, 0.2) is 24.3 Å². The van der Waals surface area contributed by atoms with Crippen LogP contribution < -0.4 is 4.74 Å². The van der Waals surface area contributed by atoms with Gasteiger partial charge in [-0.3, -0.25) is 0 Å². The van der Waals surface area contributed by atoms with Gasteiger partial charge >= 0.3 is 0 Å². The van der Waals surface area contributed by atoms with Crippen molar-refractivity contribution in [2.24, 2.45) is 0 Å². The van der Waals surface area contributed by atoms with Gasteiger partial charge in [-0.1, -0.05) is 24.0 Å². The molecule has 1 N–H and O–H groups in total. The van der Waals surface area contributed by atoms with E-state index < -0.39 is 0 Å². The molecule has 0 amide bonds. The number of benzene rings is 1. The first-order valence-electron chi connectivity index (χ1n) is 5.14. The molecule has 3 nitrogen and oxygen atoms in total. The van der Waals surface area contributed by atoms with Crippen LogP contribution in [0.2, 0.25) is 0 Å². The highest BCUT2D eigenvalue weighted by atomic mass is 16.5. The molecule has 0 saturated carbocycles. The first kappa shape index (κ1) is 12.6. The van der Waals surface area contributed by atoms with Gasteiger partial charge in [0.1, 0.15) is 12.4 Å². The third-order valence-electron chi connectivity index (χ3n) is 1.96. The van der Waals surface area contributed by atoms with Crippen molar-refractivity contribution in [3.05, 3.63) is 29.8 Å². The summed E-state index contributed by atoms with van der Waals surface area (Å²) in [5.74, 6) is 6.46. The highest BCUT2D eigenvalue weighted by molar-refractivity contribution is 5.26. The molecule has 0 atom stereocenters. The second-order valence-corrected chi connectivity index (χ2v) is 3.17. The van der Waals surface area contributed by atoms with Crippen molar-refractivity contribution in [3.8, 4) is 17.6 Å². The van der Waals surface area contributed by atoms with E-state index in [1.54, 1.807) is 7.11 Å². The van der Waals surface area contributed by atoms with Gasteiger partial charge in [0.2, 0.25) is 0 Å². The monoisotopic (exact) mass is 220 g/mol. The number of ether oxygens (including phenoxy) is 2. The molecule has 0 unspecified atom stereocenters. The number of aliphatic hydroxyl groups excluding tert-OH is 1. The van der Waals surface area contributed by atoms with Crippen molar-refractivity contribution in [1.82, 2.24) is 0 Å². The Morgan fingerprint density at radius 2 is 1.94 bits per heavy atom. The van der Waals surface area contributed by atoms with Gasteiger partial charge in [-0.2, -0.15) is 0 Å². The predicted molar refractivity (Wildman–Crippen MR) is 62.1 cm³/mol. The molecule has 0 aliphatic rings. The summed E-state index contributed by atoms with van der Waals surface area (Å²) in [6, 6.07) is 7.71. The number of methoxy groups -OCH3 is 1.